The van der Waals surface area contributed by atoms with Gasteiger partial charge in [-0.25, -0.2) is 0 Å². The van der Waals surface area contributed by atoms with Crippen LogP contribution in [0.5, 0.6) is 11.5 Å². The molecular weight excluding hydrogens is 338 g/mol. The normalized spacial score (nSPS) is 26.0. The number of hydrogen-bond acceptors (Lipinski definition) is 4. The highest BCUT2D eigenvalue weighted by atomic mass is 16.5. The van der Waals surface area contributed by atoms with E-state index >= 15 is 0 Å². The van der Waals surface area contributed by atoms with Gasteiger partial charge in [0.05, 0.1) is 13.2 Å². The van der Waals surface area contributed by atoms with Crippen molar-refractivity contribution in [2.75, 3.05) is 20.2 Å². The van der Waals surface area contributed by atoms with E-state index in [0.717, 1.165) is 37.4 Å². The Morgan fingerprint density at radius 1 is 1.11 bits per heavy atom. The third kappa shape index (κ3) is 3.32. The summed E-state index contributed by atoms with van der Waals surface area (Å²) in [6.07, 6.45) is 1.62. The Bertz CT molecular complexity index is 794. The Hall–Kier alpha value is -2.04. The highest BCUT2D eigenvalue weighted by molar-refractivity contribution is 5.45. The van der Waals surface area contributed by atoms with Gasteiger partial charge >= 0.3 is 0 Å². The molecule has 1 heterocycles. The fraction of sp³-hybridized carbons (Fsp3) is 0.478. The molecule has 2 aromatic carbocycles. The molecule has 144 valence electrons. The van der Waals surface area contributed by atoms with E-state index in [1.807, 2.05) is 13.0 Å². The summed E-state index contributed by atoms with van der Waals surface area (Å²) in [6, 6.07) is 14.8. The van der Waals surface area contributed by atoms with E-state index in [-0.39, 0.29) is 23.5 Å². The molecule has 4 heteroatoms. The summed E-state index contributed by atoms with van der Waals surface area (Å²) in [5.74, 6) is 1.80. The average molecular weight is 367 g/mol. The molecule has 0 spiro atoms. The zero-order valence-electron chi connectivity index (χ0n) is 16.4. The van der Waals surface area contributed by atoms with Crippen LogP contribution in [0.4, 0.5) is 0 Å². The predicted molar refractivity (Wildman–Crippen MR) is 107 cm³/mol. The van der Waals surface area contributed by atoms with Crippen LogP contribution < -0.4 is 14.8 Å². The molecule has 2 N–H and O–H groups in total. The molecule has 27 heavy (non-hydrogen) atoms. The van der Waals surface area contributed by atoms with E-state index in [4.69, 9.17) is 9.47 Å². The van der Waals surface area contributed by atoms with Gasteiger partial charge in [-0.1, -0.05) is 37.3 Å². The molecule has 3 atom stereocenters. The SMILES string of the molecule is COc1ccc([C@@H]2CNC[C@@]2(C)C(C)O)cc1OC1Cc2ccccc2C1. The Labute approximate surface area is 161 Å². The predicted octanol–water partition coefficient (Wildman–Crippen LogP) is 3.32. The molecule has 1 aliphatic heterocycles. The third-order valence-electron chi connectivity index (χ3n) is 6.50. The summed E-state index contributed by atoms with van der Waals surface area (Å²) in [5.41, 5.74) is 3.75. The van der Waals surface area contributed by atoms with Crippen LogP contribution in [0.1, 0.15) is 36.5 Å². The van der Waals surface area contributed by atoms with Crippen LogP contribution >= 0.6 is 0 Å². The number of benzene rings is 2. The van der Waals surface area contributed by atoms with Gasteiger partial charge in [0.15, 0.2) is 11.5 Å². The van der Waals surface area contributed by atoms with Gasteiger partial charge in [0.2, 0.25) is 0 Å². The quantitative estimate of drug-likeness (QED) is 0.851. The molecule has 1 aliphatic carbocycles. The maximum absolute atomic E-state index is 10.3. The molecule has 4 rings (SSSR count). The summed E-state index contributed by atoms with van der Waals surface area (Å²) in [7, 11) is 1.68. The number of rotatable bonds is 5. The number of ether oxygens (including phenoxy) is 2. The van der Waals surface area contributed by atoms with E-state index in [1.165, 1.54) is 16.7 Å². The van der Waals surface area contributed by atoms with Crippen molar-refractivity contribution >= 4 is 0 Å². The topological polar surface area (TPSA) is 50.7 Å². The molecule has 1 unspecified atom stereocenters. The van der Waals surface area contributed by atoms with Crippen molar-refractivity contribution in [3.8, 4) is 11.5 Å². The van der Waals surface area contributed by atoms with Crippen LogP contribution in [0.25, 0.3) is 0 Å². The number of fused-ring (bicyclic) bond motifs is 1. The van der Waals surface area contributed by atoms with E-state index in [9.17, 15) is 5.11 Å². The highest BCUT2D eigenvalue weighted by Gasteiger charge is 2.43. The lowest BCUT2D eigenvalue weighted by Gasteiger charge is -2.34. The summed E-state index contributed by atoms with van der Waals surface area (Å²) >= 11 is 0. The molecule has 1 fully saturated rings. The Balaban J connectivity index is 1.59. The first-order valence-corrected chi connectivity index (χ1v) is 9.81. The van der Waals surface area contributed by atoms with Crippen LogP contribution in [0.2, 0.25) is 0 Å². The standard InChI is InChI=1S/C23H29NO3/c1-15(25)23(2)14-24-13-20(23)18-8-9-21(26-3)22(12-18)27-19-10-16-6-4-5-7-17(16)11-19/h4-9,12,15,19-20,24-25H,10-11,13-14H2,1-3H3/t15?,20-,23-/m0/s1. The van der Waals surface area contributed by atoms with E-state index < -0.39 is 0 Å². The molecule has 0 bridgehead atoms. The van der Waals surface area contributed by atoms with Gasteiger partial charge < -0.3 is 19.9 Å². The van der Waals surface area contributed by atoms with Crippen LogP contribution in [0.15, 0.2) is 42.5 Å². The smallest absolute Gasteiger partial charge is 0.161 e. The fourth-order valence-corrected chi connectivity index (χ4v) is 4.56. The Morgan fingerprint density at radius 2 is 1.81 bits per heavy atom. The first-order valence-electron chi connectivity index (χ1n) is 9.81. The minimum absolute atomic E-state index is 0.136. The van der Waals surface area contributed by atoms with Crippen molar-refractivity contribution in [1.82, 2.24) is 5.32 Å². The summed E-state index contributed by atoms with van der Waals surface area (Å²) < 4.78 is 12.0. The summed E-state index contributed by atoms with van der Waals surface area (Å²) in [6.45, 7) is 5.72. The van der Waals surface area contributed by atoms with Crippen LogP contribution in [0, 0.1) is 5.41 Å². The summed E-state index contributed by atoms with van der Waals surface area (Å²) in [4.78, 5) is 0. The lowest BCUT2D eigenvalue weighted by atomic mass is 9.72. The lowest BCUT2D eigenvalue weighted by molar-refractivity contribution is 0.0548. The maximum atomic E-state index is 10.3. The first kappa shape index (κ1) is 18.3. The van der Waals surface area contributed by atoms with Gasteiger partial charge in [-0.2, -0.15) is 0 Å². The second-order valence-electron chi connectivity index (χ2n) is 8.19. The highest BCUT2D eigenvalue weighted by Crippen LogP contribution is 2.44. The van der Waals surface area contributed by atoms with Crippen LogP contribution in [0.3, 0.4) is 0 Å². The Morgan fingerprint density at radius 3 is 2.44 bits per heavy atom. The number of aliphatic hydroxyl groups excluding tert-OH is 1. The number of hydrogen-bond donors (Lipinski definition) is 2. The molecule has 1 saturated heterocycles. The van der Waals surface area contributed by atoms with E-state index in [1.54, 1.807) is 7.11 Å². The van der Waals surface area contributed by atoms with Gasteiger partial charge in [0.25, 0.3) is 0 Å². The average Bonchev–Trinajstić information content (AvgIpc) is 3.25. The van der Waals surface area contributed by atoms with Gasteiger partial charge in [0.1, 0.15) is 6.10 Å². The summed E-state index contributed by atoms with van der Waals surface area (Å²) in [5, 5.41) is 13.8. The first-order chi connectivity index (χ1) is 13.0. The zero-order valence-corrected chi connectivity index (χ0v) is 16.4. The second-order valence-corrected chi connectivity index (χ2v) is 8.19. The number of methoxy groups -OCH3 is 1. The van der Waals surface area contributed by atoms with Crippen LogP contribution in [-0.4, -0.2) is 37.5 Å². The fourth-order valence-electron chi connectivity index (χ4n) is 4.56. The van der Waals surface area contributed by atoms with Gasteiger partial charge in [-0.15, -0.1) is 0 Å². The van der Waals surface area contributed by atoms with Crippen LogP contribution in [-0.2, 0) is 12.8 Å². The monoisotopic (exact) mass is 367 g/mol. The minimum atomic E-state index is -0.381. The molecule has 0 aromatic heterocycles. The van der Waals surface area contributed by atoms with Crippen molar-refractivity contribution in [1.29, 1.82) is 0 Å². The molecular formula is C23H29NO3. The lowest BCUT2D eigenvalue weighted by Crippen LogP contribution is -2.36. The molecule has 4 nitrogen and oxygen atoms in total. The molecule has 0 radical (unpaired) electrons. The van der Waals surface area contributed by atoms with E-state index in [0.29, 0.717) is 0 Å². The number of aliphatic hydroxyl groups is 1. The van der Waals surface area contributed by atoms with Crippen molar-refractivity contribution in [2.45, 2.75) is 44.8 Å². The molecule has 0 amide bonds. The third-order valence-corrected chi connectivity index (χ3v) is 6.50. The minimum Gasteiger partial charge on any atom is -0.493 e. The van der Waals surface area contributed by atoms with Crippen molar-refractivity contribution < 1.29 is 14.6 Å². The zero-order chi connectivity index (χ0) is 19.0. The maximum Gasteiger partial charge on any atom is 0.161 e. The molecule has 2 aliphatic rings. The van der Waals surface area contributed by atoms with Crippen molar-refractivity contribution in [2.24, 2.45) is 5.41 Å². The van der Waals surface area contributed by atoms with Gasteiger partial charge in [0, 0.05) is 37.3 Å². The van der Waals surface area contributed by atoms with Crippen molar-refractivity contribution in [3.05, 3.63) is 59.2 Å². The largest absolute Gasteiger partial charge is 0.493 e. The molecule has 2 aromatic rings. The van der Waals surface area contributed by atoms with Crippen molar-refractivity contribution in [3.63, 3.8) is 0 Å². The molecule has 0 saturated carbocycles. The van der Waals surface area contributed by atoms with Gasteiger partial charge in [-0.3, -0.25) is 0 Å². The van der Waals surface area contributed by atoms with Gasteiger partial charge in [-0.05, 0) is 35.7 Å². The number of nitrogens with one attached hydrogen (secondary N) is 1. The second kappa shape index (κ2) is 7.17. The Kier molecular flexibility index (Phi) is 4.87. The van der Waals surface area contributed by atoms with E-state index in [2.05, 4.69) is 48.6 Å².